The van der Waals surface area contributed by atoms with Crippen LogP contribution in [0.25, 0.3) is 0 Å². The zero-order valence-corrected chi connectivity index (χ0v) is 10.3. The third-order valence-corrected chi connectivity index (χ3v) is 2.35. The smallest absolute Gasteiger partial charge is 0.169 e. The number of methoxy groups -OCH3 is 1. The topological polar surface area (TPSA) is 52.6 Å². The lowest BCUT2D eigenvalue weighted by Gasteiger charge is -2.10. The van der Waals surface area contributed by atoms with Crippen LogP contribution < -0.4 is 9.47 Å². The summed E-state index contributed by atoms with van der Waals surface area (Å²) in [5.74, 6) is 0.906. The summed E-state index contributed by atoms with van der Waals surface area (Å²) < 4.78 is 10.4. The molecule has 0 bridgehead atoms. The fraction of sp³-hybridized carbons (Fsp3) is 0.385. The number of ether oxygens (including phenoxy) is 2. The summed E-state index contributed by atoms with van der Waals surface area (Å²) in [5.41, 5.74) is 0.552. The Balaban J connectivity index is 2.85. The summed E-state index contributed by atoms with van der Waals surface area (Å²) in [6.07, 6.45) is 0.438. The minimum absolute atomic E-state index is 0.0164. The van der Waals surface area contributed by atoms with Gasteiger partial charge in [0.05, 0.1) is 7.11 Å². The molecule has 0 aromatic heterocycles. The van der Waals surface area contributed by atoms with Crippen molar-refractivity contribution in [3.63, 3.8) is 0 Å². The van der Waals surface area contributed by atoms with Crippen molar-refractivity contribution in [2.45, 2.75) is 20.3 Å². The van der Waals surface area contributed by atoms with Gasteiger partial charge in [-0.25, -0.2) is 0 Å². The third kappa shape index (κ3) is 3.59. The highest BCUT2D eigenvalue weighted by molar-refractivity contribution is 5.94. The van der Waals surface area contributed by atoms with Gasteiger partial charge in [-0.05, 0) is 25.1 Å². The van der Waals surface area contributed by atoms with Gasteiger partial charge in [-0.2, -0.15) is 0 Å². The van der Waals surface area contributed by atoms with Gasteiger partial charge in [0.25, 0.3) is 0 Å². The third-order valence-electron chi connectivity index (χ3n) is 2.35. The fourth-order valence-electron chi connectivity index (χ4n) is 1.27. The first-order valence-corrected chi connectivity index (χ1v) is 5.42. The van der Waals surface area contributed by atoms with Crippen molar-refractivity contribution in [3.8, 4) is 11.5 Å². The van der Waals surface area contributed by atoms with E-state index in [1.54, 1.807) is 25.1 Å². The van der Waals surface area contributed by atoms with E-state index >= 15 is 0 Å². The van der Waals surface area contributed by atoms with Gasteiger partial charge in [0.2, 0.25) is 0 Å². The van der Waals surface area contributed by atoms with Crippen LogP contribution in [0.3, 0.4) is 0 Å². The molecular weight excluding hydrogens is 220 g/mol. The van der Waals surface area contributed by atoms with Crippen LogP contribution in [-0.4, -0.2) is 25.3 Å². The van der Waals surface area contributed by atoms with E-state index in [-0.39, 0.29) is 18.2 Å². The average molecular weight is 236 g/mol. The van der Waals surface area contributed by atoms with Gasteiger partial charge < -0.3 is 9.47 Å². The molecule has 4 heteroatoms. The van der Waals surface area contributed by atoms with Gasteiger partial charge >= 0.3 is 0 Å². The lowest BCUT2D eigenvalue weighted by molar-refractivity contribution is -0.120. The number of carbonyl (C=O) groups is 2. The summed E-state index contributed by atoms with van der Waals surface area (Å²) >= 11 is 0. The number of Topliss-reactive ketones (excluding diaryl/α,β-unsaturated/α-hetero) is 2. The SMILES string of the molecule is CCC(=O)COc1ccc(C(C)=O)cc1OC. The highest BCUT2D eigenvalue weighted by atomic mass is 16.5. The van der Waals surface area contributed by atoms with Crippen LogP contribution in [0.15, 0.2) is 18.2 Å². The van der Waals surface area contributed by atoms with Gasteiger partial charge in [0.1, 0.15) is 6.61 Å². The van der Waals surface area contributed by atoms with Crippen molar-refractivity contribution in [2.75, 3.05) is 13.7 Å². The molecular formula is C13H16O4. The molecule has 0 amide bonds. The summed E-state index contributed by atoms with van der Waals surface area (Å²) in [7, 11) is 1.49. The van der Waals surface area contributed by atoms with E-state index in [9.17, 15) is 9.59 Å². The van der Waals surface area contributed by atoms with E-state index in [0.29, 0.717) is 23.5 Å². The van der Waals surface area contributed by atoms with Crippen LogP contribution in [0, 0.1) is 0 Å². The predicted molar refractivity (Wildman–Crippen MR) is 63.8 cm³/mol. The van der Waals surface area contributed by atoms with Crippen molar-refractivity contribution < 1.29 is 19.1 Å². The zero-order valence-electron chi connectivity index (χ0n) is 10.3. The minimum Gasteiger partial charge on any atom is -0.493 e. The summed E-state index contributed by atoms with van der Waals surface area (Å²) in [5, 5.41) is 0. The average Bonchev–Trinajstić information content (AvgIpc) is 2.35. The Bertz CT molecular complexity index is 423. The summed E-state index contributed by atoms with van der Waals surface area (Å²) in [4.78, 5) is 22.3. The minimum atomic E-state index is -0.0421. The van der Waals surface area contributed by atoms with E-state index in [2.05, 4.69) is 0 Å². The molecule has 0 saturated carbocycles. The highest BCUT2D eigenvalue weighted by Gasteiger charge is 2.09. The lowest BCUT2D eigenvalue weighted by atomic mass is 10.1. The molecule has 0 heterocycles. The Labute approximate surface area is 101 Å². The second-order valence-corrected chi connectivity index (χ2v) is 3.60. The van der Waals surface area contributed by atoms with Crippen molar-refractivity contribution >= 4 is 11.6 Å². The molecule has 0 radical (unpaired) electrons. The maximum atomic E-state index is 11.2. The molecule has 92 valence electrons. The van der Waals surface area contributed by atoms with Gasteiger partial charge in [0, 0.05) is 12.0 Å². The first-order chi connectivity index (χ1) is 8.08. The molecule has 0 aliphatic heterocycles. The van der Waals surface area contributed by atoms with Crippen molar-refractivity contribution in [2.24, 2.45) is 0 Å². The van der Waals surface area contributed by atoms with Crippen LogP contribution in [0.2, 0.25) is 0 Å². The van der Waals surface area contributed by atoms with E-state index in [1.807, 2.05) is 0 Å². The molecule has 4 nitrogen and oxygen atoms in total. The van der Waals surface area contributed by atoms with E-state index in [4.69, 9.17) is 9.47 Å². The molecule has 17 heavy (non-hydrogen) atoms. The fourth-order valence-corrected chi connectivity index (χ4v) is 1.27. The molecule has 0 aliphatic rings. The number of ketones is 2. The molecule has 1 aromatic rings. The molecule has 0 spiro atoms. The maximum absolute atomic E-state index is 11.2. The standard InChI is InChI=1S/C13H16O4/c1-4-11(15)8-17-12-6-5-10(9(2)14)7-13(12)16-3/h5-7H,4,8H2,1-3H3. The number of benzene rings is 1. The van der Waals surface area contributed by atoms with Crippen molar-refractivity contribution in [3.05, 3.63) is 23.8 Å². The molecule has 0 saturated heterocycles. The van der Waals surface area contributed by atoms with Crippen LogP contribution >= 0.6 is 0 Å². The largest absolute Gasteiger partial charge is 0.493 e. The molecule has 0 aliphatic carbocycles. The first kappa shape index (κ1) is 13.2. The molecule has 0 atom stereocenters. The summed E-state index contributed by atoms with van der Waals surface area (Å²) in [6, 6.07) is 4.89. The number of hydrogen-bond acceptors (Lipinski definition) is 4. The van der Waals surface area contributed by atoms with Gasteiger partial charge in [0.15, 0.2) is 23.1 Å². The second-order valence-electron chi connectivity index (χ2n) is 3.60. The Morgan fingerprint density at radius 1 is 1.24 bits per heavy atom. The van der Waals surface area contributed by atoms with Gasteiger partial charge in [-0.1, -0.05) is 6.92 Å². The normalized spacial score (nSPS) is 9.82. The molecule has 0 fully saturated rings. The predicted octanol–water partition coefficient (Wildman–Crippen LogP) is 2.26. The van der Waals surface area contributed by atoms with Crippen LogP contribution in [-0.2, 0) is 4.79 Å². The van der Waals surface area contributed by atoms with Crippen LogP contribution in [0.4, 0.5) is 0 Å². The Kier molecular flexibility index (Phi) is 4.69. The summed E-state index contributed by atoms with van der Waals surface area (Å²) in [6.45, 7) is 3.28. The monoisotopic (exact) mass is 236 g/mol. The van der Waals surface area contributed by atoms with E-state index < -0.39 is 0 Å². The first-order valence-electron chi connectivity index (χ1n) is 5.42. The second kappa shape index (κ2) is 6.03. The molecule has 1 aromatic carbocycles. The van der Waals surface area contributed by atoms with Crippen LogP contribution in [0.1, 0.15) is 30.6 Å². The lowest BCUT2D eigenvalue weighted by Crippen LogP contribution is -2.10. The highest BCUT2D eigenvalue weighted by Crippen LogP contribution is 2.28. The quantitative estimate of drug-likeness (QED) is 0.711. The zero-order chi connectivity index (χ0) is 12.8. The molecule has 1 rings (SSSR count). The van der Waals surface area contributed by atoms with E-state index in [1.165, 1.54) is 14.0 Å². The van der Waals surface area contributed by atoms with Gasteiger partial charge in [-0.15, -0.1) is 0 Å². The Morgan fingerprint density at radius 3 is 2.47 bits per heavy atom. The maximum Gasteiger partial charge on any atom is 0.169 e. The van der Waals surface area contributed by atoms with Crippen LogP contribution in [0.5, 0.6) is 11.5 Å². The Morgan fingerprint density at radius 2 is 1.94 bits per heavy atom. The van der Waals surface area contributed by atoms with Gasteiger partial charge in [-0.3, -0.25) is 9.59 Å². The molecule has 0 N–H and O–H groups in total. The number of carbonyl (C=O) groups excluding carboxylic acids is 2. The number of hydrogen-bond donors (Lipinski definition) is 0. The Hall–Kier alpha value is -1.84. The van der Waals surface area contributed by atoms with Crippen molar-refractivity contribution in [1.29, 1.82) is 0 Å². The van der Waals surface area contributed by atoms with E-state index in [0.717, 1.165) is 0 Å². The molecule has 0 unspecified atom stereocenters. The van der Waals surface area contributed by atoms with Crippen molar-refractivity contribution in [1.82, 2.24) is 0 Å². The number of rotatable bonds is 6.